The second-order valence-corrected chi connectivity index (χ2v) is 5.90. The highest BCUT2D eigenvalue weighted by molar-refractivity contribution is 6.31. The molecule has 0 saturated heterocycles. The van der Waals surface area contributed by atoms with E-state index in [9.17, 15) is 8.78 Å². The Labute approximate surface area is 123 Å². The Bertz CT molecular complexity index is 487. The molecule has 0 spiro atoms. The molecule has 2 nitrogen and oxygen atoms in total. The summed E-state index contributed by atoms with van der Waals surface area (Å²) in [5, 5.41) is 0.208. The molecule has 1 aromatic carbocycles. The van der Waals surface area contributed by atoms with Gasteiger partial charge in [0.05, 0.1) is 6.61 Å². The summed E-state index contributed by atoms with van der Waals surface area (Å²) in [5.41, 5.74) is 5.78. The molecule has 0 bridgehead atoms. The summed E-state index contributed by atoms with van der Waals surface area (Å²) in [4.78, 5) is 0. The van der Waals surface area contributed by atoms with Gasteiger partial charge in [0, 0.05) is 29.7 Å². The summed E-state index contributed by atoms with van der Waals surface area (Å²) in [6.07, 6.45) is 4.63. The Kier molecular flexibility index (Phi) is 4.99. The lowest BCUT2D eigenvalue weighted by molar-refractivity contribution is 0.180. The number of hydrogen-bond donors (Lipinski definition) is 1. The maximum atomic E-state index is 14.4. The summed E-state index contributed by atoms with van der Waals surface area (Å²) in [6.45, 7) is 0.265. The molecule has 0 atom stereocenters. The summed E-state index contributed by atoms with van der Waals surface area (Å²) in [7, 11) is 1.42. The number of ether oxygens (including phenoxy) is 1. The number of halogens is 3. The topological polar surface area (TPSA) is 35.2 Å². The molecule has 0 aliphatic heterocycles. The minimum absolute atomic E-state index is 0.0442. The first-order valence-electron chi connectivity index (χ1n) is 6.91. The second kappa shape index (κ2) is 6.37. The van der Waals surface area contributed by atoms with Crippen molar-refractivity contribution in [3.63, 3.8) is 0 Å². The van der Waals surface area contributed by atoms with Gasteiger partial charge >= 0.3 is 0 Å². The van der Waals surface area contributed by atoms with Gasteiger partial charge in [-0.15, -0.1) is 0 Å². The summed E-state index contributed by atoms with van der Waals surface area (Å²) >= 11 is 6.10. The minimum Gasteiger partial charge on any atom is -0.380 e. The summed E-state index contributed by atoms with van der Waals surface area (Å²) < 4.78 is 33.5. The van der Waals surface area contributed by atoms with Crippen LogP contribution in [0, 0.1) is 11.6 Å². The normalized spacial score (nSPS) is 18.2. The average Bonchev–Trinajstić information content (AvgIpc) is 2.48. The van der Waals surface area contributed by atoms with Crippen molar-refractivity contribution in [2.24, 2.45) is 5.73 Å². The third-order valence-electron chi connectivity index (χ3n) is 4.31. The zero-order chi connectivity index (χ0) is 14.8. The van der Waals surface area contributed by atoms with Crippen molar-refractivity contribution >= 4 is 11.6 Å². The van der Waals surface area contributed by atoms with E-state index < -0.39 is 17.0 Å². The lowest BCUT2D eigenvalue weighted by Crippen LogP contribution is -2.38. The first kappa shape index (κ1) is 15.7. The van der Waals surface area contributed by atoms with Crippen molar-refractivity contribution in [3.8, 4) is 0 Å². The van der Waals surface area contributed by atoms with E-state index in [1.807, 2.05) is 0 Å². The molecular weight excluding hydrogens is 284 g/mol. The molecule has 1 aliphatic rings. The first-order chi connectivity index (χ1) is 9.55. The Balaban J connectivity index is 2.51. The highest BCUT2D eigenvalue weighted by atomic mass is 35.5. The van der Waals surface area contributed by atoms with Crippen molar-refractivity contribution in [2.75, 3.05) is 13.7 Å². The monoisotopic (exact) mass is 303 g/mol. The molecule has 1 aromatic rings. The standard InChI is InChI=1S/C15H20ClF2NO/c1-20-8-10-12(16)7-11(14(18)13(10)17)15(9-19)5-3-2-4-6-15/h7H,2-6,8-9,19H2,1H3. The van der Waals surface area contributed by atoms with Crippen LogP contribution in [0.1, 0.15) is 43.2 Å². The Morgan fingerprint density at radius 2 is 1.90 bits per heavy atom. The highest BCUT2D eigenvalue weighted by Crippen LogP contribution is 2.42. The van der Waals surface area contributed by atoms with Crippen LogP contribution in [0.3, 0.4) is 0 Å². The molecular formula is C15H20ClF2NO. The van der Waals surface area contributed by atoms with Crippen LogP contribution in [0.25, 0.3) is 0 Å². The molecule has 5 heteroatoms. The van der Waals surface area contributed by atoms with Crippen LogP contribution in [-0.2, 0) is 16.8 Å². The smallest absolute Gasteiger partial charge is 0.166 e. The fraction of sp³-hybridized carbons (Fsp3) is 0.600. The van der Waals surface area contributed by atoms with Crippen LogP contribution in [0.5, 0.6) is 0 Å². The van der Waals surface area contributed by atoms with E-state index in [0.29, 0.717) is 12.1 Å². The van der Waals surface area contributed by atoms with Gasteiger partial charge in [-0.25, -0.2) is 8.78 Å². The Morgan fingerprint density at radius 1 is 1.25 bits per heavy atom. The van der Waals surface area contributed by atoms with Crippen LogP contribution in [0.15, 0.2) is 6.07 Å². The van der Waals surface area contributed by atoms with Crippen molar-refractivity contribution < 1.29 is 13.5 Å². The zero-order valence-corrected chi connectivity index (χ0v) is 12.4. The SMILES string of the molecule is COCc1c(Cl)cc(C2(CN)CCCCC2)c(F)c1F. The van der Waals surface area contributed by atoms with Gasteiger partial charge in [-0.3, -0.25) is 0 Å². The van der Waals surface area contributed by atoms with E-state index >= 15 is 0 Å². The van der Waals surface area contributed by atoms with Crippen LogP contribution < -0.4 is 5.73 Å². The van der Waals surface area contributed by atoms with Crippen molar-refractivity contribution in [1.29, 1.82) is 0 Å². The largest absolute Gasteiger partial charge is 0.380 e. The van der Waals surface area contributed by atoms with E-state index in [2.05, 4.69) is 0 Å². The number of benzene rings is 1. The Hall–Kier alpha value is -0.710. The molecule has 1 fully saturated rings. The molecule has 2 rings (SSSR count). The number of methoxy groups -OCH3 is 1. The predicted molar refractivity (Wildman–Crippen MR) is 75.9 cm³/mol. The van der Waals surface area contributed by atoms with E-state index in [4.69, 9.17) is 22.1 Å². The van der Waals surface area contributed by atoms with Gasteiger partial charge in [0.25, 0.3) is 0 Å². The molecule has 0 heterocycles. The predicted octanol–water partition coefficient (Wildman–Crippen LogP) is 3.93. The van der Waals surface area contributed by atoms with Gasteiger partial charge < -0.3 is 10.5 Å². The van der Waals surface area contributed by atoms with E-state index in [-0.39, 0.29) is 17.2 Å². The van der Waals surface area contributed by atoms with Crippen LogP contribution >= 0.6 is 11.6 Å². The molecule has 0 unspecified atom stereocenters. The maximum absolute atomic E-state index is 14.4. The molecule has 0 radical (unpaired) electrons. The van der Waals surface area contributed by atoms with Crippen LogP contribution in [0.4, 0.5) is 8.78 Å². The summed E-state index contributed by atoms with van der Waals surface area (Å²) in [6, 6.07) is 1.53. The van der Waals surface area contributed by atoms with E-state index in [1.165, 1.54) is 13.2 Å². The molecule has 20 heavy (non-hydrogen) atoms. The third-order valence-corrected chi connectivity index (χ3v) is 4.65. The van der Waals surface area contributed by atoms with E-state index in [1.54, 1.807) is 0 Å². The summed E-state index contributed by atoms with van der Waals surface area (Å²) in [5.74, 6) is -1.73. The maximum Gasteiger partial charge on any atom is 0.166 e. The lowest BCUT2D eigenvalue weighted by Gasteiger charge is -2.37. The Morgan fingerprint density at radius 3 is 2.45 bits per heavy atom. The van der Waals surface area contributed by atoms with Crippen LogP contribution in [-0.4, -0.2) is 13.7 Å². The first-order valence-corrected chi connectivity index (χ1v) is 7.29. The second-order valence-electron chi connectivity index (χ2n) is 5.49. The molecule has 112 valence electrons. The van der Waals surface area contributed by atoms with E-state index in [0.717, 1.165) is 32.1 Å². The lowest BCUT2D eigenvalue weighted by atomic mass is 9.69. The molecule has 1 aliphatic carbocycles. The van der Waals surface area contributed by atoms with Gasteiger partial charge in [-0.05, 0) is 24.5 Å². The molecule has 0 amide bonds. The number of nitrogens with two attached hydrogens (primary N) is 1. The molecule has 1 saturated carbocycles. The number of rotatable bonds is 4. The minimum atomic E-state index is -0.909. The van der Waals surface area contributed by atoms with Crippen molar-refractivity contribution in [1.82, 2.24) is 0 Å². The van der Waals surface area contributed by atoms with Crippen LogP contribution in [0.2, 0.25) is 5.02 Å². The molecule has 0 aromatic heterocycles. The highest BCUT2D eigenvalue weighted by Gasteiger charge is 2.36. The van der Waals surface area contributed by atoms with Gasteiger partial charge in [0.2, 0.25) is 0 Å². The van der Waals surface area contributed by atoms with Gasteiger partial charge in [-0.2, -0.15) is 0 Å². The third kappa shape index (κ3) is 2.69. The molecule has 2 N–H and O–H groups in total. The number of hydrogen-bond acceptors (Lipinski definition) is 2. The fourth-order valence-corrected chi connectivity index (χ4v) is 3.35. The fourth-order valence-electron chi connectivity index (χ4n) is 3.11. The van der Waals surface area contributed by atoms with Gasteiger partial charge in [0.15, 0.2) is 11.6 Å². The van der Waals surface area contributed by atoms with Crippen molar-refractivity contribution in [3.05, 3.63) is 33.9 Å². The van der Waals surface area contributed by atoms with Gasteiger partial charge in [-0.1, -0.05) is 30.9 Å². The van der Waals surface area contributed by atoms with Gasteiger partial charge in [0.1, 0.15) is 0 Å². The zero-order valence-electron chi connectivity index (χ0n) is 11.6. The van der Waals surface area contributed by atoms with Crippen molar-refractivity contribution in [2.45, 2.75) is 44.1 Å². The quantitative estimate of drug-likeness (QED) is 0.856. The average molecular weight is 304 g/mol.